The van der Waals surface area contributed by atoms with Crippen molar-refractivity contribution in [3.8, 4) is 34.5 Å². The van der Waals surface area contributed by atoms with E-state index in [9.17, 15) is 30.5 Å². The fourth-order valence-electron chi connectivity index (χ4n) is 2.03. The van der Waals surface area contributed by atoms with Crippen LogP contribution in [0.25, 0.3) is 0 Å². The highest BCUT2D eigenvalue weighted by Gasteiger charge is 2.12. The Morgan fingerprint density at radius 1 is 0.655 bits per heavy atom. The van der Waals surface area contributed by atoms with Gasteiger partial charge in [-0.25, -0.2) is 0 Å². The van der Waals surface area contributed by atoms with Gasteiger partial charge in [0.05, 0.1) is 4.92 Å². The van der Waals surface area contributed by atoms with Crippen molar-refractivity contribution in [2.24, 2.45) is 10.2 Å². The van der Waals surface area contributed by atoms with Gasteiger partial charge in [0.15, 0.2) is 34.4 Å². The number of phenols is 6. The maximum atomic E-state index is 10.0. The van der Waals surface area contributed by atoms with E-state index in [2.05, 4.69) is 10.2 Å². The summed E-state index contributed by atoms with van der Waals surface area (Å²) in [6.07, 6.45) is 0. The van der Waals surface area contributed by atoms with E-state index in [1.54, 1.807) is 18.2 Å². The summed E-state index contributed by atoms with van der Waals surface area (Å²) in [7, 11) is 0. The van der Waals surface area contributed by atoms with Crippen molar-refractivity contribution in [2.45, 2.75) is 0 Å². The zero-order chi connectivity index (χ0) is 21.6. The van der Waals surface area contributed by atoms with Crippen LogP contribution >= 0.6 is 0 Å². The van der Waals surface area contributed by atoms with Gasteiger partial charge in [0.2, 0.25) is 0 Å². The van der Waals surface area contributed by atoms with E-state index >= 15 is 0 Å². The molecule has 0 aliphatic heterocycles. The minimum Gasteiger partial charge on any atom is -0.508 e. The van der Waals surface area contributed by atoms with E-state index in [1.807, 2.05) is 0 Å². The summed E-state index contributed by atoms with van der Waals surface area (Å²) < 4.78 is 0. The summed E-state index contributed by atoms with van der Waals surface area (Å²) >= 11 is 0. The van der Waals surface area contributed by atoms with Gasteiger partial charge < -0.3 is 30.6 Å². The van der Waals surface area contributed by atoms with Crippen molar-refractivity contribution in [3.05, 3.63) is 64.7 Å². The molecule has 0 spiro atoms. The van der Waals surface area contributed by atoms with Crippen molar-refractivity contribution in [3.63, 3.8) is 0 Å². The quantitative estimate of drug-likeness (QED) is 0.216. The van der Waals surface area contributed by atoms with Gasteiger partial charge in [-0.2, -0.15) is 0 Å². The number of hydrogen-bond donors (Lipinski definition) is 6. The minimum absolute atomic E-state index is 0.137. The molecule has 3 aromatic rings. The molecule has 3 rings (SSSR count). The normalized spacial score (nSPS) is 10.3. The van der Waals surface area contributed by atoms with Crippen LogP contribution in [0.5, 0.6) is 34.5 Å². The fraction of sp³-hybridized carbons (Fsp3) is 0. The molecule has 29 heavy (non-hydrogen) atoms. The third-order valence-electron chi connectivity index (χ3n) is 3.33. The highest BCUT2D eigenvalue weighted by Crippen LogP contribution is 2.43. The van der Waals surface area contributed by atoms with Gasteiger partial charge in [-0.3, -0.25) is 10.1 Å². The van der Waals surface area contributed by atoms with E-state index in [0.717, 1.165) is 24.3 Å². The minimum atomic E-state index is -0.538. The zero-order valence-electron chi connectivity index (χ0n) is 14.5. The molecule has 0 bridgehead atoms. The summed E-state index contributed by atoms with van der Waals surface area (Å²) in [5.41, 5.74) is -0.568. The smallest absolute Gasteiger partial charge is 0.269 e. The third kappa shape index (κ3) is 5.47. The van der Waals surface area contributed by atoms with Gasteiger partial charge in [-0.1, -0.05) is 18.2 Å². The number of hydrogen-bond acceptors (Lipinski definition) is 10. The molecular formula is C18H15N3O8. The Labute approximate surface area is 162 Å². The number of aromatic hydroxyl groups is 6. The Bertz CT molecular complexity index is 949. The number of phenolic OH excluding ortho intramolecular Hbond substituents is 6. The lowest BCUT2D eigenvalue weighted by Gasteiger charge is -2.04. The van der Waals surface area contributed by atoms with Gasteiger partial charge in [0.1, 0.15) is 11.5 Å². The van der Waals surface area contributed by atoms with Gasteiger partial charge in [0, 0.05) is 36.4 Å². The largest absolute Gasteiger partial charge is 0.508 e. The van der Waals surface area contributed by atoms with Crippen LogP contribution in [-0.2, 0) is 0 Å². The van der Waals surface area contributed by atoms with Crippen LogP contribution in [0.1, 0.15) is 0 Å². The molecule has 0 unspecified atom stereocenters. The zero-order valence-corrected chi connectivity index (χ0v) is 14.5. The van der Waals surface area contributed by atoms with Crippen LogP contribution in [0.4, 0.5) is 17.1 Å². The first-order valence-corrected chi connectivity index (χ1v) is 7.80. The number of non-ortho nitro benzene ring substituents is 1. The molecule has 3 aromatic carbocycles. The first kappa shape index (κ1) is 20.8. The standard InChI is InChI=1S/C12H10N2O6.C6H5NO2/c15-5-1-7(17)11(8(18)2-5)13-14-12-9(19)3-6(16)4-10(12)20;8-7(9)6-4-2-1-3-5-6/h1-4,15-20H;1-5H. The number of rotatable bonds is 3. The first-order valence-electron chi connectivity index (χ1n) is 7.80. The van der Waals surface area contributed by atoms with Gasteiger partial charge >= 0.3 is 0 Å². The Balaban J connectivity index is 0.000000278. The number of nitrogens with zero attached hydrogens (tertiary/aromatic N) is 3. The molecule has 11 nitrogen and oxygen atoms in total. The second kappa shape index (κ2) is 8.90. The lowest BCUT2D eigenvalue weighted by molar-refractivity contribution is -0.384. The predicted octanol–water partition coefficient (Wildman–Crippen LogP) is 3.93. The van der Waals surface area contributed by atoms with Gasteiger partial charge in [0.25, 0.3) is 5.69 Å². The number of azo groups is 1. The van der Waals surface area contributed by atoms with Crippen LogP contribution in [0, 0.1) is 10.1 Å². The number of para-hydroxylation sites is 1. The fourth-order valence-corrected chi connectivity index (χ4v) is 2.03. The average Bonchev–Trinajstić information content (AvgIpc) is 2.63. The molecule has 6 N–H and O–H groups in total. The second-order valence-electron chi connectivity index (χ2n) is 5.46. The van der Waals surface area contributed by atoms with E-state index in [0.29, 0.717) is 0 Å². The van der Waals surface area contributed by atoms with E-state index < -0.39 is 27.9 Å². The van der Waals surface area contributed by atoms with E-state index in [-0.39, 0.29) is 28.6 Å². The molecule has 0 fully saturated rings. The monoisotopic (exact) mass is 401 g/mol. The molecule has 0 heterocycles. The van der Waals surface area contributed by atoms with Crippen molar-refractivity contribution in [1.82, 2.24) is 0 Å². The number of benzene rings is 3. The maximum absolute atomic E-state index is 10.0. The Morgan fingerprint density at radius 2 is 1.00 bits per heavy atom. The SMILES string of the molecule is O=[N+]([O-])c1ccccc1.Oc1cc(O)c(N=Nc2c(O)cc(O)cc2O)c(O)c1. The molecule has 0 aliphatic carbocycles. The topological polar surface area (TPSA) is 189 Å². The van der Waals surface area contributed by atoms with Crippen molar-refractivity contribution in [2.75, 3.05) is 0 Å². The van der Waals surface area contributed by atoms with Crippen LogP contribution < -0.4 is 0 Å². The Hall–Kier alpha value is -4.54. The summed E-state index contributed by atoms with van der Waals surface area (Å²) in [5.74, 6) is -2.88. The summed E-state index contributed by atoms with van der Waals surface area (Å²) in [5, 5.41) is 73.2. The molecular weight excluding hydrogens is 386 g/mol. The molecule has 0 saturated heterocycles. The molecule has 0 atom stereocenters. The van der Waals surface area contributed by atoms with Crippen molar-refractivity contribution < 1.29 is 35.6 Å². The molecule has 0 amide bonds. The lowest BCUT2D eigenvalue weighted by atomic mass is 10.2. The predicted molar refractivity (Wildman–Crippen MR) is 100 cm³/mol. The van der Waals surface area contributed by atoms with Crippen LogP contribution in [0.3, 0.4) is 0 Å². The first-order chi connectivity index (χ1) is 13.7. The summed E-state index contributed by atoms with van der Waals surface area (Å²) in [4.78, 5) is 9.59. The molecule has 0 aliphatic rings. The van der Waals surface area contributed by atoms with E-state index in [1.165, 1.54) is 12.1 Å². The summed E-state index contributed by atoms with van der Waals surface area (Å²) in [6.45, 7) is 0. The highest BCUT2D eigenvalue weighted by molar-refractivity contribution is 5.66. The molecule has 0 saturated carbocycles. The van der Waals surface area contributed by atoms with Gasteiger partial charge in [-0.15, -0.1) is 10.2 Å². The maximum Gasteiger partial charge on any atom is 0.269 e. The van der Waals surface area contributed by atoms with Gasteiger partial charge in [-0.05, 0) is 0 Å². The molecule has 11 heteroatoms. The van der Waals surface area contributed by atoms with Crippen molar-refractivity contribution in [1.29, 1.82) is 0 Å². The molecule has 0 radical (unpaired) electrons. The second-order valence-corrected chi connectivity index (χ2v) is 5.46. The van der Waals surface area contributed by atoms with Crippen LogP contribution in [0.2, 0.25) is 0 Å². The average molecular weight is 401 g/mol. The van der Waals surface area contributed by atoms with E-state index in [4.69, 9.17) is 10.2 Å². The Morgan fingerprint density at radius 3 is 1.28 bits per heavy atom. The molecule has 0 aromatic heterocycles. The number of nitro benzene ring substituents is 1. The lowest BCUT2D eigenvalue weighted by Crippen LogP contribution is -1.84. The summed E-state index contributed by atoms with van der Waals surface area (Å²) in [6, 6.07) is 11.7. The highest BCUT2D eigenvalue weighted by atomic mass is 16.6. The van der Waals surface area contributed by atoms with Crippen LogP contribution in [0.15, 0.2) is 64.8 Å². The van der Waals surface area contributed by atoms with Crippen LogP contribution in [-0.4, -0.2) is 35.6 Å². The Kier molecular flexibility index (Phi) is 6.38. The third-order valence-corrected chi connectivity index (χ3v) is 3.33. The molecule has 150 valence electrons. The number of nitro groups is 1. The van der Waals surface area contributed by atoms with Crippen molar-refractivity contribution >= 4 is 17.1 Å².